The summed E-state index contributed by atoms with van der Waals surface area (Å²) < 4.78 is 4.93. The topological polar surface area (TPSA) is 55.4 Å². The van der Waals surface area contributed by atoms with Gasteiger partial charge in [-0.25, -0.2) is 4.79 Å². The van der Waals surface area contributed by atoms with Crippen LogP contribution in [0, 0.1) is 0 Å². The Morgan fingerprint density at radius 2 is 1.82 bits per heavy atom. The average molecular weight is 321 g/mol. The van der Waals surface area contributed by atoms with E-state index < -0.39 is 5.54 Å². The van der Waals surface area contributed by atoms with Gasteiger partial charge < -0.3 is 10.1 Å². The van der Waals surface area contributed by atoms with Gasteiger partial charge in [0.1, 0.15) is 5.54 Å². The molecule has 2 rings (SSSR count). The molecule has 1 N–H and O–H groups in total. The van der Waals surface area contributed by atoms with E-state index in [9.17, 15) is 9.59 Å². The highest BCUT2D eigenvalue weighted by Crippen LogP contribution is 2.30. The molecule has 0 unspecified atom stereocenters. The molecule has 1 saturated carbocycles. The highest BCUT2D eigenvalue weighted by molar-refractivity contribution is 8.00. The van der Waals surface area contributed by atoms with Gasteiger partial charge in [0.05, 0.1) is 12.4 Å². The zero-order valence-electron chi connectivity index (χ0n) is 13.1. The number of benzene rings is 1. The molecule has 1 aliphatic rings. The number of esters is 1. The Bertz CT molecular complexity index is 512. The molecule has 1 aromatic rings. The minimum absolute atomic E-state index is 0.110. The maximum Gasteiger partial charge on any atom is 0.331 e. The first kappa shape index (κ1) is 16.9. The van der Waals surface area contributed by atoms with Gasteiger partial charge in [0.2, 0.25) is 5.91 Å². The number of nitrogens with one attached hydrogen (secondary N) is 1. The minimum Gasteiger partial charge on any atom is -0.467 e. The van der Waals surface area contributed by atoms with Gasteiger partial charge >= 0.3 is 5.97 Å². The van der Waals surface area contributed by atoms with E-state index in [-0.39, 0.29) is 17.1 Å². The van der Waals surface area contributed by atoms with Crippen LogP contribution >= 0.6 is 11.8 Å². The molecule has 1 fully saturated rings. The normalized spacial score (nSPS) is 18.3. The van der Waals surface area contributed by atoms with Crippen LogP contribution in [0.2, 0.25) is 0 Å². The third-order valence-electron chi connectivity index (χ3n) is 4.07. The Hall–Kier alpha value is -1.49. The minimum atomic E-state index is -0.838. The molecule has 5 heteroatoms. The maximum absolute atomic E-state index is 12.5. The molecular formula is C17H23NO3S. The number of carbonyl (C=O) groups is 2. The van der Waals surface area contributed by atoms with Crippen LogP contribution < -0.4 is 5.32 Å². The van der Waals surface area contributed by atoms with Crippen LogP contribution in [-0.2, 0) is 14.3 Å². The number of methoxy groups -OCH3 is 1. The van der Waals surface area contributed by atoms with Gasteiger partial charge in [-0.2, -0.15) is 0 Å². The maximum atomic E-state index is 12.5. The first-order valence-electron chi connectivity index (χ1n) is 7.69. The van der Waals surface area contributed by atoms with Crippen molar-refractivity contribution in [2.45, 2.75) is 54.7 Å². The average Bonchev–Trinajstić information content (AvgIpc) is 2.55. The second-order valence-corrected chi connectivity index (χ2v) is 7.11. The van der Waals surface area contributed by atoms with Crippen molar-refractivity contribution < 1.29 is 14.3 Å². The van der Waals surface area contributed by atoms with Crippen molar-refractivity contribution in [2.75, 3.05) is 7.11 Å². The first-order valence-corrected chi connectivity index (χ1v) is 8.57. The highest BCUT2D eigenvalue weighted by Gasteiger charge is 2.42. The molecule has 1 aliphatic carbocycles. The quantitative estimate of drug-likeness (QED) is 0.668. The summed E-state index contributed by atoms with van der Waals surface area (Å²) in [5, 5.41) is 2.71. The fourth-order valence-corrected chi connectivity index (χ4v) is 3.71. The van der Waals surface area contributed by atoms with Crippen molar-refractivity contribution in [2.24, 2.45) is 0 Å². The van der Waals surface area contributed by atoms with Gasteiger partial charge in [0.25, 0.3) is 0 Å². The third-order valence-corrected chi connectivity index (χ3v) is 5.18. The smallest absolute Gasteiger partial charge is 0.331 e. The van der Waals surface area contributed by atoms with Crippen LogP contribution in [0.4, 0.5) is 0 Å². The summed E-state index contributed by atoms with van der Waals surface area (Å²) in [6, 6.07) is 9.80. The fraction of sp³-hybridized carbons (Fsp3) is 0.529. The van der Waals surface area contributed by atoms with E-state index >= 15 is 0 Å². The summed E-state index contributed by atoms with van der Waals surface area (Å²) in [6.45, 7) is 1.86. The van der Waals surface area contributed by atoms with Crippen LogP contribution in [0.25, 0.3) is 0 Å². The van der Waals surface area contributed by atoms with Crippen molar-refractivity contribution in [3.63, 3.8) is 0 Å². The molecule has 0 saturated heterocycles. The van der Waals surface area contributed by atoms with Gasteiger partial charge in [-0.1, -0.05) is 37.5 Å². The summed E-state index contributed by atoms with van der Waals surface area (Å²) in [6.07, 6.45) is 4.30. The van der Waals surface area contributed by atoms with E-state index in [0.29, 0.717) is 12.8 Å². The number of thioether (sulfide) groups is 1. The molecule has 0 aliphatic heterocycles. The molecule has 1 aromatic carbocycles. The van der Waals surface area contributed by atoms with Crippen molar-refractivity contribution in [1.82, 2.24) is 5.32 Å². The van der Waals surface area contributed by atoms with E-state index in [1.54, 1.807) is 0 Å². The van der Waals surface area contributed by atoms with E-state index in [2.05, 4.69) is 5.32 Å². The SMILES string of the molecule is COC(=O)C1(NC(=O)[C@@H](C)Sc2ccccc2)CCCCC1. The van der Waals surface area contributed by atoms with E-state index in [1.165, 1.54) is 18.9 Å². The summed E-state index contributed by atoms with van der Waals surface area (Å²) >= 11 is 1.49. The van der Waals surface area contributed by atoms with Gasteiger partial charge in [-0.3, -0.25) is 4.79 Å². The lowest BCUT2D eigenvalue weighted by atomic mass is 9.81. The van der Waals surface area contributed by atoms with E-state index in [4.69, 9.17) is 4.74 Å². The van der Waals surface area contributed by atoms with Crippen molar-refractivity contribution in [1.29, 1.82) is 0 Å². The lowest BCUT2D eigenvalue weighted by molar-refractivity contribution is -0.152. The molecule has 4 nitrogen and oxygen atoms in total. The number of hydrogen-bond donors (Lipinski definition) is 1. The van der Waals surface area contributed by atoms with Crippen molar-refractivity contribution in [3.05, 3.63) is 30.3 Å². The largest absolute Gasteiger partial charge is 0.467 e. The number of carbonyl (C=O) groups excluding carboxylic acids is 2. The Morgan fingerprint density at radius 3 is 2.41 bits per heavy atom. The molecule has 0 heterocycles. The second-order valence-electron chi connectivity index (χ2n) is 5.70. The van der Waals surface area contributed by atoms with Crippen LogP contribution in [-0.4, -0.2) is 29.8 Å². The third kappa shape index (κ3) is 4.03. The van der Waals surface area contributed by atoms with Crippen LogP contribution in [0.1, 0.15) is 39.0 Å². The summed E-state index contributed by atoms with van der Waals surface area (Å²) in [7, 11) is 1.38. The standard InChI is InChI=1S/C17H23NO3S/c1-13(22-14-9-5-3-6-10-14)15(19)18-17(16(20)21-2)11-7-4-8-12-17/h3,5-6,9-10,13H,4,7-8,11-12H2,1-2H3,(H,18,19)/t13-/m1/s1. The first-order chi connectivity index (χ1) is 10.6. The lowest BCUT2D eigenvalue weighted by Gasteiger charge is -2.35. The van der Waals surface area contributed by atoms with Gasteiger partial charge in [-0.05, 0) is 31.9 Å². The Kier molecular flexibility index (Phi) is 5.89. The summed E-state index contributed by atoms with van der Waals surface area (Å²) in [5.74, 6) is -0.432. The van der Waals surface area contributed by atoms with Gasteiger partial charge in [-0.15, -0.1) is 11.8 Å². The molecule has 0 spiro atoms. The molecule has 0 radical (unpaired) electrons. The van der Waals surface area contributed by atoms with Gasteiger partial charge in [0, 0.05) is 4.90 Å². The monoisotopic (exact) mass is 321 g/mol. The van der Waals surface area contributed by atoms with E-state index in [0.717, 1.165) is 24.2 Å². The Balaban J connectivity index is 2.02. The molecule has 0 bridgehead atoms. The zero-order valence-corrected chi connectivity index (χ0v) is 13.9. The molecule has 120 valence electrons. The summed E-state index contributed by atoms with van der Waals surface area (Å²) in [5.41, 5.74) is -0.838. The lowest BCUT2D eigenvalue weighted by Crippen LogP contribution is -2.57. The Labute approximate surface area is 136 Å². The summed E-state index contributed by atoms with van der Waals surface area (Å²) in [4.78, 5) is 25.7. The van der Waals surface area contributed by atoms with Crippen LogP contribution in [0.5, 0.6) is 0 Å². The van der Waals surface area contributed by atoms with Crippen molar-refractivity contribution >= 4 is 23.6 Å². The molecular weight excluding hydrogens is 298 g/mol. The van der Waals surface area contributed by atoms with Crippen molar-refractivity contribution in [3.8, 4) is 0 Å². The number of hydrogen-bond acceptors (Lipinski definition) is 4. The molecule has 22 heavy (non-hydrogen) atoms. The second kappa shape index (κ2) is 7.68. The zero-order chi connectivity index (χ0) is 16.0. The van der Waals surface area contributed by atoms with Gasteiger partial charge in [0.15, 0.2) is 0 Å². The molecule has 1 amide bonds. The Morgan fingerprint density at radius 1 is 1.18 bits per heavy atom. The molecule has 0 aromatic heterocycles. The molecule has 1 atom stereocenters. The van der Waals surface area contributed by atoms with Crippen LogP contribution in [0.3, 0.4) is 0 Å². The van der Waals surface area contributed by atoms with E-state index in [1.807, 2.05) is 37.3 Å². The van der Waals surface area contributed by atoms with Crippen LogP contribution in [0.15, 0.2) is 35.2 Å². The predicted octanol–water partition coefficient (Wildman–Crippen LogP) is 3.16. The predicted molar refractivity (Wildman–Crippen MR) is 87.7 cm³/mol. The number of ether oxygens (including phenoxy) is 1. The highest BCUT2D eigenvalue weighted by atomic mass is 32.2. The number of amides is 1. The fourth-order valence-electron chi connectivity index (χ4n) is 2.83. The number of rotatable bonds is 5.